The fraction of sp³-hybridized carbons (Fsp3) is 0.143. The average molecular weight is 431 g/mol. The molecule has 0 radical (unpaired) electrons. The van der Waals surface area contributed by atoms with E-state index in [9.17, 15) is 4.79 Å². The average Bonchev–Trinajstić information content (AvgIpc) is 3.07. The first kappa shape index (κ1) is 20.8. The fourth-order valence-electron chi connectivity index (χ4n) is 2.63. The molecule has 0 bridgehead atoms. The molecule has 0 fully saturated rings. The molecule has 29 heavy (non-hydrogen) atoms. The minimum atomic E-state index is -0.369. The molecule has 0 unspecified atom stereocenters. The number of amides is 1. The Morgan fingerprint density at radius 1 is 1.21 bits per heavy atom. The number of anilines is 2. The van der Waals surface area contributed by atoms with Gasteiger partial charge in [-0.15, -0.1) is 0 Å². The van der Waals surface area contributed by atoms with Gasteiger partial charge in [0.05, 0.1) is 29.0 Å². The van der Waals surface area contributed by atoms with Crippen LogP contribution in [-0.2, 0) is 9.53 Å². The number of allylic oxidation sites excluding steroid dienone is 2. The number of carbonyl (C=O) groups is 1. The van der Waals surface area contributed by atoms with Gasteiger partial charge >= 0.3 is 0 Å². The normalized spacial score (nSPS) is 11.8. The number of benzene rings is 1. The van der Waals surface area contributed by atoms with Crippen LogP contribution in [0.15, 0.2) is 54.4 Å². The Morgan fingerprint density at radius 2 is 1.97 bits per heavy atom. The van der Waals surface area contributed by atoms with Crippen LogP contribution in [0.4, 0.5) is 11.5 Å². The third kappa shape index (κ3) is 5.10. The summed E-state index contributed by atoms with van der Waals surface area (Å²) in [6.45, 7) is 0. The van der Waals surface area contributed by atoms with E-state index < -0.39 is 0 Å². The van der Waals surface area contributed by atoms with Gasteiger partial charge in [0, 0.05) is 30.7 Å². The number of nitrogens with zero attached hydrogens (tertiary/aromatic N) is 2. The number of fused-ring (bicyclic) bond motifs is 1. The Labute approximate surface area is 178 Å². The number of aromatic amines is 1. The highest BCUT2D eigenvalue weighted by Crippen LogP contribution is 2.28. The van der Waals surface area contributed by atoms with E-state index in [0.717, 1.165) is 22.4 Å². The van der Waals surface area contributed by atoms with Crippen LogP contribution in [0.25, 0.3) is 17.0 Å². The number of ether oxygens (including phenoxy) is 1. The Hall–Kier alpha value is -2.96. The number of aromatic nitrogens is 2. The minimum Gasteiger partial charge on any atom is -0.491 e. The van der Waals surface area contributed by atoms with Gasteiger partial charge in [0.1, 0.15) is 5.82 Å². The molecule has 0 spiro atoms. The number of pyridine rings is 1. The van der Waals surface area contributed by atoms with Gasteiger partial charge in [0.15, 0.2) is 5.76 Å². The summed E-state index contributed by atoms with van der Waals surface area (Å²) in [6, 6.07) is 9.11. The molecule has 0 saturated carbocycles. The van der Waals surface area contributed by atoms with Crippen LogP contribution in [0.3, 0.4) is 0 Å². The lowest BCUT2D eigenvalue weighted by Gasteiger charge is -2.12. The van der Waals surface area contributed by atoms with Crippen LogP contribution >= 0.6 is 23.2 Å². The van der Waals surface area contributed by atoms with Crippen LogP contribution in [-0.4, -0.2) is 37.1 Å². The van der Waals surface area contributed by atoms with Crippen molar-refractivity contribution in [2.45, 2.75) is 0 Å². The molecule has 1 aromatic carbocycles. The second-order valence-electron chi connectivity index (χ2n) is 6.43. The molecule has 0 saturated heterocycles. The van der Waals surface area contributed by atoms with Crippen LogP contribution in [0, 0.1) is 0 Å². The van der Waals surface area contributed by atoms with Crippen molar-refractivity contribution in [1.29, 1.82) is 0 Å². The number of hydrogen-bond acceptors (Lipinski definition) is 4. The van der Waals surface area contributed by atoms with Crippen molar-refractivity contribution in [2.75, 3.05) is 31.4 Å². The Balaban J connectivity index is 1.71. The van der Waals surface area contributed by atoms with Crippen LogP contribution < -0.4 is 10.2 Å². The summed E-state index contributed by atoms with van der Waals surface area (Å²) in [5.74, 6) is 0.598. The van der Waals surface area contributed by atoms with E-state index in [1.807, 2.05) is 37.2 Å². The number of H-pyrrole nitrogens is 1. The number of rotatable bonds is 6. The minimum absolute atomic E-state index is 0.167. The molecular weight excluding hydrogens is 411 g/mol. The zero-order valence-electron chi connectivity index (χ0n) is 16.2. The maximum atomic E-state index is 12.4. The van der Waals surface area contributed by atoms with Crippen molar-refractivity contribution in [3.8, 4) is 0 Å². The van der Waals surface area contributed by atoms with Gasteiger partial charge < -0.3 is 19.9 Å². The van der Waals surface area contributed by atoms with Gasteiger partial charge in [-0.25, -0.2) is 4.98 Å². The highest BCUT2D eigenvalue weighted by atomic mass is 35.5. The first-order valence-corrected chi connectivity index (χ1v) is 9.48. The van der Waals surface area contributed by atoms with Crippen LogP contribution in [0.1, 0.15) is 5.69 Å². The van der Waals surface area contributed by atoms with Crippen molar-refractivity contribution in [3.63, 3.8) is 0 Å². The van der Waals surface area contributed by atoms with Crippen molar-refractivity contribution >= 4 is 57.6 Å². The van der Waals surface area contributed by atoms with E-state index in [0.29, 0.717) is 15.7 Å². The number of nitrogens with one attached hydrogen (secondary N) is 2. The third-order valence-corrected chi connectivity index (χ3v) is 4.84. The van der Waals surface area contributed by atoms with Crippen molar-refractivity contribution in [1.82, 2.24) is 9.97 Å². The summed E-state index contributed by atoms with van der Waals surface area (Å²) in [7, 11) is 5.24. The lowest BCUT2D eigenvalue weighted by molar-refractivity contribution is -0.115. The highest BCUT2D eigenvalue weighted by molar-refractivity contribution is 6.42. The van der Waals surface area contributed by atoms with Gasteiger partial charge in [-0.1, -0.05) is 29.3 Å². The lowest BCUT2D eigenvalue weighted by atomic mass is 10.2. The molecule has 2 heterocycles. The predicted octanol–water partition coefficient (Wildman–Crippen LogP) is 5.12. The summed E-state index contributed by atoms with van der Waals surface area (Å²) in [6.07, 6.45) is 6.72. The summed E-state index contributed by atoms with van der Waals surface area (Å²) in [4.78, 5) is 21.8. The number of carbonyl (C=O) groups excluding carboxylic acids is 1. The van der Waals surface area contributed by atoms with Gasteiger partial charge in [0.2, 0.25) is 0 Å². The largest absolute Gasteiger partial charge is 0.491 e. The molecule has 0 aliphatic carbocycles. The SMILES string of the molecule is CO/C(=C/C=C/c1cc2cc(Cl)c(Cl)cc2[nH]1)C(=O)Nc1ccc(N(C)C)nc1. The molecule has 1 amide bonds. The second-order valence-corrected chi connectivity index (χ2v) is 7.24. The summed E-state index contributed by atoms with van der Waals surface area (Å²) in [5.41, 5.74) is 2.30. The van der Waals surface area contributed by atoms with Gasteiger partial charge in [-0.05, 0) is 42.5 Å². The van der Waals surface area contributed by atoms with E-state index >= 15 is 0 Å². The number of halogens is 2. The van der Waals surface area contributed by atoms with E-state index in [1.165, 1.54) is 7.11 Å². The monoisotopic (exact) mass is 430 g/mol. The van der Waals surface area contributed by atoms with E-state index in [1.54, 1.807) is 36.5 Å². The molecular formula is C21H20Cl2N4O2. The molecule has 0 atom stereocenters. The molecule has 8 heteroatoms. The van der Waals surface area contributed by atoms with E-state index in [2.05, 4.69) is 15.3 Å². The van der Waals surface area contributed by atoms with Crippen LogP contribution in [0.5, 0.6) is 0 Å². The maximum Gasteiger partial charge on any atom is 0.290 e. The maximum absolute atomic E-state index is 12.4. The number of hydrogen-bond donors (Lipinski definition) is 2. The fourth-order valence-corrected chi connectivity index (χ4v) is 2.97. The molecule has 150 valence electrons. The second kappa shape index (κ2) is 9.03. The molecule has 0 aliphatic heterocycles. The first-order valence-electron chi connectivity index (χ1n) is 8.72. The molecule has 2 aromatic heterocycles. The van der Waals surface area contributed by atoms with Gasteiger partial charge in [-0.3, -0.25) is 4.79 Å². The zero-order chi connectivity index (χ0) is 21.0. The van der Waals surface area contributed by atoms with E-state index in [-0.39, 0.29) is 11.7 Å². The molecule has 2 N–H and O–H groups in total. The number of methoxy groups -OCH3 is 1. The Bertz CT molecular complexity index is 1050. The molecule has 0 aliphatic rings. The van der Waals surface area contributed by atoms with Crippen molar-refractivity contribution in [2.24, 2.45) is 0 Å². The molecule has 3 aromatic rings. The van der Waals surface area contributed by atoms with E-state index in [4.69, 9.17) is 27.9 Å². The highest BCUT2D eigenvalue weighted by Gasteiger charge is 2.10. The standard InChI is InChI=1S/C21H20Cl2N4O2/c1-27(2)20-8-7-15(12-24-20)26-21(28)19(29-3)6-4-5-14-9-13-10-16(22)17(23)11-18(13)25-14/h4-12,25H,1-3H3,(H,26,28)/b5-4+,19-6+. The lowest BCUT2D eigenvalue weighted by Crippen LogP contribution is -2.16. The Kier molecular flexibility index (Phi) is 6.46. The van der Waals surface area contributed by atoms with Crippen molar-refractivity contribution in [3.05, 3.63) is 70.2 Å². The first-order chi connectivity index (χ1) is 13.9. The van der Waals surface area contributed by atoms with Gasteiger partial charge in [0.25, 0.3) is 5.91 Å². The van der Waals surface area contributed by atoms with Gasteiger partial charge in [-0.2, -0.15) is 0 Å². The smallest absolute Gasteiger partial charge is 0.290 e. The summed E-state index contributed by atoms with van der Waals surface area (Å²) >= 11 is 12.1. The van der Waals surface area contributed by atoms with Crippen molar-refractivity contribution < 1.29 is 9.53 Å². The molecule has 3 rings (SSSR count). The predicted molar refractivity (Wildman–Crippen MR) is 120 cm³/mol. The topological polar surface area (TPSA) is 70.2 Å². The summed E-state index contributed by atoms with van der Waals surface area (Å²) < 4.78 is 5.20. The zero-order valence-corrected chi connectivity index (χ0v) is 17.7. The quantitative estimate of drug-likeness (QED) is 0.323. The molecule has 6 nitrogen and oxygen atoms in total. The van der Waals surface area contributed by atoms with Crippen LogP contribution in [0.2, 0.25) is 10.0 Å². The Morgan fingerprint density at radius 3 is 2.62 bits per heavy atom. The third-order valence-electron chi connectivity index (χ3n) is 4.11. The summed E-state index contributed by atoms with van der Waals surface area (Å²) in [5, 5.41) is 4.69.